The molecule has 2 N–H and O–H groups in total. The van der Waals surface area contributed by atoms with E-state index in [0.29, 0.717) is 5.82 Å². The van der Waals surface area contributed by atoms with Crippen molar-refractivity contribution in [2.75, 3.05) is 18.4 Å². The number of nitrogens with zero attached hydrogens (tertiary/aromatic N) is 4. The SMILES string of the molecule is C[C@H](CN1CCc2ccccc2C1)NC(=O)Nc1cn(C)nn1. The van der Waals surface area contributed by atoms with Crippen LogP contribution in [-0.4, -0.2) is 45.1 Å². The average Bonchev–Trinajstić information content (AvgIpc) is 2.91. The highest BCUT2D eigenvalue weighted by Crippen LogP contribution is 2.18. The molecule has 1 aromatic carbocycles. The predicted molar refractivity (Wildman–Crippen MR) is 88.0 cm³/mol. The van der Waals surface area contributed by atoms with E-state index in [9.17, 15) is 4.79 Å². The first-order valence-electron chi connectivity index (χ1n) is 7.83. The van der Waals surface area contributed by atoms with Crippen molar-refractivity contribution in [2.24, 2.45) is 7.05 Å². The van der Waals surface area contributed by atoms with Crippen LogP contribution in [0.3, 0.4) is 0 Å². The van der Waals surface area contributed by atoms with E-state index in [1.165, 1.54) is 11.1 Å². The molecule has 3 rings (SSSR count). The monoisotopic (exact) mass is 314 g/mol. The molecule has 23 heavy (non-hydrogen) atoms. The van der Waals surface area contributed by atoms with Crippen molar-refractivity contribution >= 4 is 11.8 Å². The van der Waals surface area contributed by atoms with Gasteiger partial charge >= 0.3 is 6.03 Å². The summed E-state index contributed by atoms with van der Waals surface area (Å²) in [4.78, 5) is 14.3. The maximum atomic E-state index is 12.0. The smallest absolute Gasteiger partial charge is 0.320 e. The molecule has 1 aliphatic rings. The van der Waals surface area contributed by atoms with Crippen LogP contribution in [0.1, 0.15) is 18.1 Å². The first-order chi connectivity index (χ1) is 11.1. The molecular weight excluding hydrogens is 292 g/mol. The number of aryl methyl sites for hydroxylation is 1. The zero-order valence-electron chi connectivity index (χ0n) is 13.5. The van der Waals surface area contributed by atoms with Gasteiger partial charge in [0.05, 0.1) is 6.20 Å². The summed E-state index contributed by atoms with van der Waals surface area (Å²) in [6, 6.07) is 8.35. The number of fused-ring (bicyclic) bond motifs is 1. The van der Waals surface area contributed by atoms with E-state index in [1.807, 2.05) is 6.92 Å². The van der Waals surface area contributed by atoms with E-state index in [0.717, 1.165) is 26.1 Å². The fourth-order valence-electron chi connectivity index (χ4n) is 2.92. The Morgan fingerprint density at radius 1 is 1.35 bits per heavy atom. The molecule has 1 aromatic heterocycles. The molecule has 7 nitrogen and oxygen atoms in total. The lowest BCUT2D eigenvalue weighted by atomic mass is 10.00. The number of nitrogens with one attached hydrogen (secondary N) is 2. The van der Waals surface area contributed by atoms with E-state index in [1.54, 1.807) is 17.9 Å². The first-order valence-corrected chi connectivity index (χ1v) is 7.83. The summed E-state index contributed by atoms with van der Waals surface area (Å²) in [6.07, 6.45) is 2.72. The van der Waals surface area contributed by atoms with Crippen LogP contribution in [0, 0.1) is 0 Å². The van der Waals surface area contributed by atoms with Crippen LogP contribution in [0.25, 0.3) is 0 Å². The Labute approximate surface area is 135 Å². The number of amides is 2. The summed E-state index contributed by atoms with van der Waals surface area (Å²) in [5.74, 6) is 0.448. The third-order valence-electron chi connectivity index (χ3n) is 3.96. The molecule has 0 saturated carbocycles. The lowest BCUT2D eigenvalue weighted by Crippen LogP contribution is -2.45. The second-order valence-corrected chi connectivity index (χ2v) is 6.03. The van der Waals surface area contributed by atoms with E-state index in [4.69, 9.17) is 0 Å². The van der Waals surface area contributed by atoms with Gasteiger partial charge in [0, 0.05) is 32.7 Å². The van der Waals surface area contributed by atoms with Crippen molar-refractivity contribution in [1.82, 2.24) is 25.2 Å². The minimum atomic E-state index is -0.254. The van der Waals surface area contributed by atoms with Crippen LogP contribution in [0.2, 0.25) is 0 Å². The number of carbonyl (C=O) groups excluding carboxylic acids is 1. The molecule has 1 atom stereocenters. The van der Waals surface area contributed by atoms with Crippen LogP contribution in [0.5, 0.6) is 0 Å². The minimum absolute atomic E-state index is 0.0527. The Morgan fingerprint density at radius 3 is 2.87 bits per heavy atom. The van der Waals surface area contributed by atoms with Gasteiger partial charge in [0.1, 0.15) is 0 Å². The summed E-state index contributed by atoms with van der Waals surface area (Å²) in [6.45, 7) is 4.79. The molecule has 0 radical (unpaired) electrons. The molecule has 0 fully saturated rings. The Bertz CT molecular complexity index is 683. The Kier molecular flexibility index (Phi) is 4.57. The van der Waals surface area contributed by atoms with Crippen LogP contribution < -0.4 is 10.6 Å². The second-order valence-electron chi connectivity index (χ2n) is 6.03. The van der Waals surface area contributed by atoms with Gasteiger partial charge in [-0.15, -0.1) is 5.10 Å². The molecule has 2 amide bonds. The highest BCUT2D eigenvalue weighted by atomic mass is 16.2. The predicted octanol–water partition coefficient (Wildman–Crippen LogP) is 1.38. The highest BCUT2D eigenvalue weighted by Gasteiger charge is 2.18. The molecule has 1 aliphatic heterocycles. The van der Waals surface area contributed by atoms with Crippen molar-refractivity contribution in [3.05, 3.63) is 41.6 Å². The third-order valence-corrected chi connectivity index (χ3v) is 3.96. The molecule has 0 unspecified atom stereocenters. The molecule has 0 aliphatic carbocycles. The largest absolute Gasteiger partial charge is 0.334 e. The van der Waals surface area contributed by atoms with Crippen molar-refractivity contribution in [3.63, 3.8) is 0 Å². The Hall–Kier alpha value is -2.41. The Balaban J connectivity index is 1.48. The molecule has 7 heteroatoms. The second kappa shape index (κ2) is 6.78. The van der Waals surface area contributed by atoms with E-state index >= 15 is 0 Å². The zero-order chi connectivity index (χ0) is 16.2. The number of benzene rings is 1. The zero-order valence-corrected chi connectivity index (χ0v) is 13.5. The van der Waals surface area contributed by atoms with Crippen LogP contribution in [0.15, 0.2) is 30.5 Å². The van der Waals surface area contributed by atoms with Crippen LogP contribution in [-0.2, 0) is 20.0 Å². The van der Waals surface area contributed by atoms with Gasteiger partial charge in [-0.1, -0.05) is 29.5 Å². The lowest BCUT2D eigenvalue weighted by Gasteiger charge is -2.31. The molecular formula is C16H22N6O. The quantitative estimate of drug-likeness (QED) is 0.894. The molecule has 122 valence electrons. The van der Waals surface area contributed by atoms with Gasteiger partial charge in [-0.25, -0.2) is 4.79 Å². The van der Waals surface area contributed by atoms with E-state index < -0.39 is 0 Å². The number of carbonyl (C=O) groups is 1. The minimum Gasteiger partial charge on any atom is -0.334 e. The van der Waals surface area contributed by atoms with Gasteiger partial charge in [-0.3, -0.25) is 14.9 Å². The molecule has 0 bridgehead atoms. The molecule has 2 heterocycles. The topological polar surface area (TPSA) is 75.1 Å². The van der Waals surface area contributed by atoms with Crippen LogP contribution >= 0.6 is 0 Å². The van der Waals surface area contributed by atoms with Crippen molar-refractivity contribution in [3.8, 4) is 0 Å². The summed E-state index contributed by atoms with van der Waals surface area (Å²) in [7, 11) is 1.76. The number of hydrogen-bond donors (Lipinski definition) is 2. The summed E-state index contributed by atoms with van der Waals surface area (Å²) >= 11 is 0. The number of anilines is 1. The summed E-state index contributed by atoms with van der Waals surface area (Å²) < 4.78 is 1.55. The highest BCUT2D eigenvalue weighted by molar-refractivity contribution is 5.88. The van der Waals surface area contributed by atoms with E-state index in [2.05, 4.69) is 50.1 Å². The first kappa shape index (κ1) is 15.5. The summed E-state index contributed by atoms with van der Waals surface area (Å²) in [5.41, 5.74) is 2.82. The van der Waals surface area contributed by atoms with Gasteiger partial charge in [0.25, 0.3) is 0 Å². The number of urea groups is 1. The van der Waals surface area contributed by atoms with Crippen molar-refractivity contribution in [2.45, 2.75) is 25.9 Å². The number of rotatable bonds is 4. The van der Waals surface area contributed by atoms with Gasteiger partial charge in [0.2, 0.25) is 0 Å². The van der Waals surface area contributed by atoms with E-state index in [-0.39, 0.29) is 12.1 Å². The summed E-state index contributed by atoms with van der Waals surface area (Å²) in [5, 5.41) is 13.2. The van der Waals surface area contributed by atoms with Crippen molar-refractivity contribution < 1.29 is 4.79 Å². The maximum Gasteiger partial charge on any atom is 0.320 e. The van der Waals surface area contributed by atoms with Gasteiger partial charge < -0.3 is 5.32 Å². The van der Waals surface area contributed by atoms with Crippen molar-refractivity contribution in [1.29, 1.82) is 0 Å². The van der Waals surface area contributed by atoms with Gasteiger partial charge in [0.15, 0.2) is 5.82 Å². The lowest BCUT2D eigenvalue weighted by molar-refractivity contribution is 0.221. The number of hydrogen-bond acceptors (Lipinski definition) is 4. The maximum absolute atomic E-state index is 12.0. The Morgan fingerprint density at radius 2 is 2.13 bits per heavy atom. The third kappa shape index (κ3) is 4.07. The fourth-order valence-corrected chi connectivity index (χ4v) is 2.92. The average molecular weight is 314 g/mol. The van der Waals surface area contributed by atoms with Gasteiger partial charge in [-0.2, -0.15) is 0 Å². The number of aromatic nitrogens is 3. The standard InChI is InChI=1S/C16H22N6O/c1-12(17-16(23)18-15-11-21(2)20-19-15)9-22-8-7-13-5-3-4-6-14(13)10-22/h3-6,11-12H,7-10H2,1-2H3,(H2,17,18,23)/t12-/m1/s1. The molecule has 2 aromatic rings. The normalized spacial score (nSPS) is 15.7. The molecule has 0 saturated heterocycles. The fraction of sp³-hybridized carbons (Fsp3) is 0.438. The van der Waals surface area contributed by atoms with Crippen LogP contribution in [0.4, 0.5) is 10.6 Å². The molecule has 0 spiro atoms. The van der Waals surface area contributed by atoms with Gasteiger partial charge in [-0.05, 0) is 24.5 Å².